The molecule has 0 atom stereocenters. The molecule has 24 heavy (non-hydrogen) atoms. The quantitative estimate of drug-likeness (QED) is 0.445. The number of carboxylic acids is 1. The minimum Gasteiger partial charge on any atom is -0.545 e. The minimum atomic E-state index is -1.57. The van der Waals surface area contributed by atoms with E-state index in [1.807, 2.05) is 0 Å². The van der Waals surface area contributed by atoms with E-state index in [9.17, 15) is 24.3 Å². The molecule has 1 heterocycles. The van der Waals surface area contributed by atoms with Crippen molar-refractivity contribution in [3.8, 4) is 0 Å². The van der Waals surface area contributed by atoms with Gasteiger partial charge in [0.15, 0.2) is 0 Å². The predicted octanol–water partition coefficient (Wildman–Crippen LogP) is -2.58. The average molecular weight is 349 g/mol. The molecule has 2 aromatic rings. The van der Waals surface area contributed by atoms with E-state index in [4.69, 9.17) is 4.84 Å². The number of aromatic carboxylic acids is 1. The average Bonchev–Trinajstić information content (AvgIpc) is 2.80. The molecular formula is C16H8KNO6. The molecular weight excluding hydrogens is 341 g/mol. The Morgan fingerprint density at radius 3 is 1.79 bits per heavy atom. The molecule has 2 amide bonds. The number of carbonyl (C=O) groups is 4. The molecule has 8 heteroatoms. The summed E-state index contributed by atoms with van der Waals surface area (Å²) < 4.78 is 0. The van der Waals surface area contributed by atoms with Gasteiger partial charge in [0.1, 0.15) is 0 Å². The minimum absolute atomic E-state index is 0. The fourth-order valence-corrected chi connectivity index (χ4v) is 2.22. The Labute approximate surface area is 178 Å². The van der Waals surface area contributed by atoms with E-state index in [1.165, 1.54) is 30.3 Å². The molecule has 0 aromatic heterocycles. The second-order valence-corrected chi connectivity index (χ2v) is 4.66. The molecule has 0 aliphatic carbocycles. The monoisotopic (exact) mass is 349 g/mol. The number of benzene rings is 2. The van der Waals surface area contributed by atoms with Crippen LogP contribution in [0.1, 0.15) is 41.4 Å². The summed E-state index contributed by atoms with van der Waals surface area (Å²) in [6.07, 6.45) is 0. The topological polar surface area (TPSA) is 104 Å². The van der Waals surface area contributed by atoms with Crippen LogP contribution in [0.5, 0.6) is 0 Å². The Balaban J connectivity index is 0.00000208. The standard InChI is InChI=1S/C16H9NO6.K/c18-13-9-5-1-2-6-10(9)14(19)17(13)23-16(22)12-8-4-3-7-11(12)15(20)21;/h1-8H,(H,20,21);/q;+1/p-1. The normalized spacial score (nSPS) is 12.4. The van der Waals surface area contributed by atoms with E-state index in [0.717, 1.165) is 6.07 Å². The summed E-state index contributed by atoms with van der Waals surface area (Å²) in [4.78, 5) is 52.1. The maximum atomic E-state index is 12.1. The number of nitrogens with zero attached hydrogens (tertiary/aromatic N) is 1. The van der Waals surface area contributed by atoms with Gasteiger partial charge in [0.05, 0.1) is 22.7 Å². The SMILES string of the molecule is O=C([O-])c1ccccc1C(=O)ON1C(=O)c2ccccc2C1=O.[K+]. The van der Waals surface area contributed by atoms with Gasteiger partial charge in [-0.25, -0.2) is 4.79 Å². The molecule has 0 bridgehead atoms. The number of carbonyl (C=O) groups excluding carboxylic acids is 4. The van der Waals surface area contributed by atoms with E-state index in [-0.39, 0.29) is 68.1 Å². The van der Waals surface area contributed by atoms with Crippen LogP contribution in [0.15, 0.2) is 48.5 Å². The Kier molecular flexibility index (Phi) is 5.68. The number of hydrogen-bond acceptors (Lipinski definition) is 6. The number of hydrogen-bond donors (Lipinski definition) is 0. The van der Waals surface area contributed by atoms with Gasteiger partial charge in [-0.05, 0) is 18.2 Å². The number of rotatable bonds is 3. The zero-order valence-corrected chi connectivity index (χ0v) is 15.6. The van der Waals surface area contributed by atoms with Gasteiger partial charge in [0, 0.05) is 5.56 Å². The van der Waals surface area contributed by atoms with Gasteiger partial charge in [-0.15, -0.1) is 0 Å². The van der Waals surface area contributed by atoms with Crippen LogP contribution in [-0.4, -0.2) is 28.8 Å². The van der Waals surface area contributed by atoms with Gasteiger partial charge in [-0.1, -0.05) is 35.4 Å². The first-order valence-electron chi connectivity index (χ1n) is 6.51. The van der Waals surface area contributed by atoms with Gasteiger partial charge in [0.25, 0.3) is 11.8 Å². The number of hydroxylamine groups is 2. The molecule has 0 fully saturated rings. The molecule has 0 unspecified atom stereocenters. The van der Waals surface area contributed by atoms with Crippen molar-refractivity contribution in [1.29, 1.82) is 0 Å². The maximum Gasteiger partial charge on any atom is 1.00 e. The van der Waals surface area contributed by atoms with Crippen molar-refractivity contribution in [3.05, 3.63) is 70.8 Å². The summed E-state index contributed by atoms with van der Waals surface area (Å²) in [5.41, 5.74) is -0.491. The Hall–Kier alpha value is -1.84. The number of carboxylic acid groups (broad SMARTS) is 1. The summed E-state index contributed by atoms with van der Waals surface area (Å²) in [5.74, 6) is -4.28. The van der Waals surface area contributed by atoms with Crippen LogP contribution in [0.25, 0.3) is 0 Å². The summed E-state index contributed by atoms with van der Waals surface area (Å²) >= 11 is 0. The van der Waals surface area contributed by atoms with Crippen LogP contribution < -0.4 is 56.5 Å². The van der Waals surface area contributed by atoms with Crippen LogP contribution in [-0.2, 0) is 4.84 Å². The third-order valence-corrected chi connectivity index (χ3v) is 3.30. The van der Waals surface area contributed by atoms with E-state index in [0.29, 0.717) is 5.06 Å². The van der Waals surface area contributed by atoms with Crippen molar-refractivity contribution in [1.82, 2.24) is 5.06 Å². The first-order valence-corrected chi connectivity index (χ1v) is 6.51. The zero-order chi connectivity index (χ0) is 16.6. The summed E-state index contributed by atoms with van der Waals surface area (Å²) in [7, 11) is 0. The molecule has 0 N–H and O–H groups in total. The molecule has 3 rings (SSSR count). The second kappa shape index (κ2) is 7.37. The Morgan fingerprint density at radius 1 is 0.833 bits per heavy atom. The largest absolute Gasteiger partial charge is 1.00 e. The van der Waals surface area contributed by atoms with Crippen molar-refractivity contribution < 1.29 is 80.5 Å². The first-order chi connectivity index (χ1) is 11.0. The fraction of sp³-hybridized carbons (Fsp3) is 0. The Morgan fingerprint density at radius 2 is 1.29 bits per heavy atom. The molecule has 114 valence electrons. The fourth-order valence-electron chi connectivity index (χ4n) is 2.22. The summed E-state index contributed by atoms with van der Waals surface area (Å²) in [6.45, 7) is 0. The smallest absolute Gasteiger partial charge is 0.545 e. The predicted molar refractivity (Wildman–Crippen MR) is 73.1 cm³/mol. The van der Waals surface area contributed by atoms with Crippen molar-refractivity contribution in [2.24, 2.45) is 0 Å². The maximum absolute atomic E-state index is 12.1. The van der Waals surface area contributed by atoms with Gasteiger partial charge in [-0.2, -0.15) is 0 Å². The van der Waals surface area contributed by atoms with Crippen LogP contribution >= 0.6 is 0 Å². The van der Waals surface area contributed by atoms with E-state index in [2.05, 4.69) is 0 Å². The number of amides is 2. The molecule has 7 nitrogen and oxygen atoms in total. The molecule has 0 spiro atoms. The molecule has 0 saturated carbocycles. The van der Waals surface area contributed by atoms with Crippen LogP contribution in [0.2, 0.25) is 0 Å². The van der Waals surface area contributed by atoms with E-state index in [1.54, 1.807) is 12.1 Å². The molecule has 1 aliphatic heterocycles. The summed E-state index contributed by atoms with van der Waals surface area (Å²) in [6, 6.07) is 11.2. The third kappa shape index (κ3) is 3.19. The van der Waals surface area contributed by atoms with Crippen LogP contribution in [0.4, 0.5) is 0 Å². The van der Waals surface area contributed by atoms with Gasteiger partial charge in [-0.3, -0.25) is 9.59 Å². The second-order valence-electron chi connectivity index (χ2n) is 4.66. The summed E-state index contributed by atoms with van der Waals surface area (Å²) in [5, 5.41) is 11.3. The van der Waals surface area contributed by atoms with Crippen LogP contribution in [0.3, 0.4) is 0 Å². The first kappa shape index (κ1) is 18.5. The number of imide groups is 1. The van der Waals surface area contributed by atoms with Crippen molar-refractivity contribution in [2.75, 3.05) is 0 Å². The van der Waals surface area contributed by atoms with E-state index >= 15 is 0 Å². The third-order valence-electron chi connectivity index (χ3n) is 3.30. The van der Waals surface area contributed by atoms with Crippen LogP contribution in [0, 0.1) is 0 Å². The van der Waals surface area contributed by atoms with Crippen molar-refractivity contribution >= 4 is 23.8 Å². The van der Waals surface area contributed by atoms with Gasteiger partial charge >= 0.3 is 57.4 Å². The van der Waals surface area contributed by atoms with Crippen molar-refractivity contribution in [3.63, 3.8) is 0 Å². The van der Waals surface area contributed by atoms with Crippen molar-refractivity contribution in [2.45, 2.75) is 0 Å². The molecule has 1 aliphatic rings. The van der Waals surface area contributed by atoms with E-state index < -0.39 is 29.3 Å². The molecule has 0 saturated heterocycles. The zero-order valence-electron chi connectivity index (χ0n) is 12.5. The van der Waals surface area contributed by atoms with Gasteiger partial charge in [0.2, 0.25) is 0 Å². The molecule has 2 aromatic carbocycles. The molecule has 0 radical (unpaired) electrons. The van der Waals surface area contributed by atoms with Gasteiger partial charge < -0.3 is 14.7 Å². The number of fused-ring (bicyclic) bond motifs is 1. The Bertz CT molecular complexity index is 828.